The van der Waals surface area contributed by atoms with Crippen molar-refractivity contribution >= 4 is 40.6 Å². The minimum Gasteiger partial charge on any atom is -0.387 e. The van der Waals surface area contributed by atoms with Crippen molar-refractivity contribution in [3.8, 4) is 0 Å². The summed E-state index contributed by atoms with van der Waals surface area (Å²) in [7, 11) is 0. The minimum absolute atomic E-state index is 0.240. The van der Waals surface area contributed by atoms with Crippen molar-refractivity contribution in [1.29, 1.82) is 0 Å². The van der Waals surface area contributed by atoms with E-state index in [-0.39, 0.29) is 18.1 Å². The molecule has 0 fully saturated rings. The molecule has 124 valence electrons. The summed E-state index contributed by atoms with van der Waals surface area (Å²) < 4.78 is 2.63. The highest BCUT2D eigenvalue weighted by atomic mass is 35.5. The number of nitrogens with one attached hydrogen (secondary N) is 1. The Balaban J connectivity index is 2.01. The zero-order valence-corrected chi connectivity index (χ0v) is 13.8. The fourth-order valence-electron chi connectivity index (χ4n) is 2.26. The molecule has 2 aromatic heterocycles. The summed E-state index contributed by atoms with van der Waals surface area (Å²) in [5.41, 5.74) is 0.781. The van der Waals surface area contributed by atoms with Gasteiger partial charge in [0.25, 0.3) is 5.91 Å². The number of aliphatic hydroxyl groups excluding tert-OH is 1. The first kappa shape index (κ1) is 16.5. The van der Waals surface area contributed by atoms with E-state index >= 15 is 0 Å². The standard InChI is InChI=1S/C15H12Cl2N4O3/c16-10-2-1-9(5-11(10)17)6-20-8-18-12-3-4-13(19-14(23)7-22)21(12)15(20)24/h1-5,8,22H,6-7H2,(H,19,23). The molecule has 7 nitrogen and oxygen atoms in total. The highest BCUT2D eigenvalue weighted by Gasteiger charge is 2.11. The van der Waals surface area contributed by atoms with Gasteiger partial charge in [-0.25, -0.2) is 14.2 Å². The van der Waals surface area contributed by atoms with E-state index in [4.69, 9.17) is 28.3 Å². The molecular formula is C15H12Cl2N4O3. The molecule has 0 saturated heterocycles. The van der Waals surface area contributed by atoms with E-state index in [0.717, 1.165) is 5.56 Å². The number of benzene rings is 1. The van der Waals surface area contributed by atoms with E-state index in [1.165, 1.54) is 15.3 Å². The predicted molar refractivity (Wildman–Crippen MR) is 90.7 cm³/mol. The van der Waals surface area contributed by atoms with Gasteiger partial charge in [-0.2, -0.15) is 0 Å². The number of fused-ring (bicyclic) bond motifs is 1. The number of hydrogen-bond acceptors (Lipinski definition) is 4. The topological polar surface area (TPSA) is 88.6 Å². The van der Waals surface area contributed by atoms with Crippen molar-refractivity contribution in [1.82, 2.24) is 14.0 Å². The maximum Gasteiger partial charge on any atom is 0.337 e. The van der Waals surface area contributed by atoms with Gasteiger partial charge in [-0.15, -0.1) is 0 Å². The highest BCUT2D eigenvalue weighted by molar-refractivity contribution is 6.42. The van der Waals surface area contributed by atoms with Crippen molar-refractivity contribution in [2.45, 2.75) is 6.54 Å². The van der Waals surface area contributed by atoms with Crippen LogP contribution in [0.4, 0.5) is 5.82 Å². The Labute approximate surface area is 146 Å². The molecule has 3 aromatic rings. The molecule has 0 aliphatic carbocycles. The van der Waals surface area contributed by atoms with Crippen molar-refractivity contribution in [2.24, 2.45) is 0 Å². The molecule has 1 aromatic carbocycles. The molecule has 24 heavy (non-hydrogen) atoms. The second-order valence-electron chi connectivity index (χ2n) is 5.02. The second kappa shape index (κ2) is 6.64. The Morgan fingerprint density at radius 3 is 2.71 bits per heavy atom. The summed E-state index contributed by atoms with van der Waals surface area (Å²) in [6, 6.07) is 8.22. The van der Waals surface area contributed by atoms with Crippen LogP contribution in [-0.4, -0.2) is 31.6 Å². The second-order valence-corrected chi connectivity index (χ2v) is 5.84. The highest BCUT2D eigenvalue weighted by Crippen LogP contribution is 2.22. The van der Waals surface area contributed by atoms with Crippen LogP contribution in [0.3, 0.4) is 0 Å². The van der Waals surface area contributed by atoms with Crippen molar-refractivity contribution in [3.05, 3.63) is 62.8 Å². The zero-order valence-electron chi connectivity index (χ0n) is 12.2. The van der Waals surface area contributed by atoms with Crippen LogP contribution < -0.4 is 11.0 Å². The van der Waals surface area contributed by atoms with E-state index in [9.17, 15) is 9.59 Å². The molecule has 9 heteroatoms. The van der Waals surface area contributed by atoms with Crippen LogP contribution in [0.1, 0.15) is 5.56 Å². The summed E-state index contributed by atoms with van der Waals surface area (Å²) in [6.45, 7) is -0.435. The maximum absolute atomic E-state index is 12.6. The Morgan fingerprint density at radius 1 is 1.21 bits per heavy atom. The molecule has 0 bridgehead atoms. The van der Waals surface area contributed by atoms with E-state index in [2.05, 4.69) is 10.3 Å². The van der Waals surface area contributed by atoms with E-state index in [1.807, 2.05) is 0 Å². The molecule has 0 unspecified atom stereocenters. The van der Waals surface area contributed by atoms with Gasteiger partial charge in [0, 0.05) is 0 Å². The van der Waals surface area contributed by atoms with Gasteiger partial charge in [-0.3, -0.25) is 9.36 Å². The molecule has 2 N–H and O–H groups in total. The number of amides is 1. The fraction of sp³-hybridized carbons (Fsp3) is 0.133. The van der Waals surface area contributed by atoms with Gasteiger partial charge >= 0.3 is 5.69 Å². The number of hydrogen-bond donors (Lipinski definition) is 2. The van der Waals surface area contributed by atoms with Crippen LogP contribution in [0.5, 0.6) is 0 Å². The van der Waals surface area contributed by atoms with Gasteiger partial charge in [-0.1, -0.05) is 29.3 Å². The Bertz CT molecular complexity index is 980. The number of anilines is 1. The van der Waals surface area contributed by atoms with Gasteiger partial charge in [0.15, 0.2) is 0 Å². The number of carbonyl (C=O) groups is 1. The van der Waals surface area contributed by atoms with Gasteiger partial charge in [0.1, 0.15) is 24.4 Å². The Kier molecular flexibility index (Phi) is 4.57. The first-order valence-corrected chi connectivity index (χ1v) is 7.66. The summed E-state index contributed by atoms with van der Waals surface area (Å²) in [4.78, 5) is 28.2. The van der Waals surface area contributed by atoms with Gasteiger partial charge < -0.3 is 10.4 Å². The van der Waals surface area contributed by atoms with Crippen LogP contribution in [-0.2, 0) is 11.3 Å². The number of rotatable bonds is 4. The van der Waals surface area contributed by atoms with Crippen molar-refractivity contribution in [2.75, 3.05) is 11.9 Å². The molecule has 0 aliphatic rings. The molecule has 3 rings (SSSR count). The van der Waals surface area contributed by atoms with E-state index < -0.39 is 12.5 Å². The lowest BCUT2D eigenvalue weighted by atomic mass is 10.2. The first-order valence-electron chi connectivity index (χ1n) is 6.91. The molecule has 0 atom stereocenters. The number of nitrogens with zero attached hydrogens (tertiary/aromatic N) is 3. The van der Waals surface area contributed by atoms with Gasteiger partial charge in [0.2, 0.25) is 0 Å². The lowest BCUT2D eigenvalue weighted by Crippen LogP contribution is -2.29. The number of aliphatic hydroxyl groups is 1. The molecule has 1 amide bonds. The number of aromatic nitrogens is 3. The van der Waals surface area contributed by atoms with Crippen molar-refractivity contribution in [3.63, 3.8) is 0 Å². The summed E-state index contributed by atoms with van der Waals surface area (Å²) in [5, 5.41) is 12.1. The fourth-order valence-corrected chi connectivity index (χ4v) is 2.58. The normalized spacial score (nSPS) is 11.0. The third kappa shape index (κ3) is 3.14. The molecule has 0 saturated carbocycles. The first-order chi connectivity index (χ1) is 11.5. The summed E-state index contributed by atoms with van der Waals surface area (Å²) in [6.07, 6.45) is 1.41. The minimum atomic E-state index is -0.676. The smallest absolute Gasteiger partial charge is 0.337 e. The van der Waals surface area contributed by atoms with Gasteiger partial charge in [-0.05, 0) is 29.8 Å². The lowest BCUT2D eigenvalue weighted by molar-refractivity contribution is -0.118. The average molecular weight is 367 g/mol. The SMILES string of the molecule is O=C(CO)Nc1ccc2ncn(Cc3ccc(Cl)c(Cl)c3)c(=O)n12. The number of carbonyl (C=O) groups excluding carboxylic acids is 1. The third-order valence-corrected chi connectivity index (χ3v) is 4.11. The molecule has 0 aliphatic heterocycles. The van der Waals surface area contributed by atoms with Crippen LogP contribution in [0.2, 0.25) is 10.0 Å². The van der Waals surface area contributed by atoms with Gasteiger partial charge in [0.05, 0.1) is 16.6 Å². The average Bonchev–Trinajstić information content (AvgIpc) is 2.97. The Hall–Kier alpha value is -2.35. The quantitative estimate of drug-likeness (QED) is 0.736. The predicted octanol–water partition coefficient (Wildman–Crippen LogP) is 1.78. The third-order valence-electron chi connectivity index (χ3n) is 3.37. The monoisotopic (exact) mass is 366 g/mol. The van der Waals surface area contributed by atoms with Crippen LogP contribution >= 0.6 is 23.2 Å². The zero-order chi connectivity index (χ0) is 17.3. The largest absolute Gasteiger partial charge is 0.387 e. The Morgan fingerprint density at radius 2 is 2.00 bits per heavy atom. The van der Waals surface area contributed by atoms with Crippen LogP contribution in [0.25, 0.3) is 5.65 Å². The summed E-state index contributed by atoms with van der Waals surface area (Å²) >= 11 is 11.9. The molecule has 0 spiro atoms. The number of halogens is 2. The van der Waals surface area contributed by atoms with Crippen molar-refractivity contribution < 1.29 is 9.90 Å². The summed E-state index contributed by atoms with van der Waals surface area (Å²) in [5.74, 6) is -0.376. The van der Waals surface area contributed by atoms with Crippen LogP contribution in [0.15, 0.2) is 41.5 Å². The maximum atomic E-state index is 12.6. The van der Waals surface area contributed by atoms with Crippen LogP contribution in [0, 0.1) is 0 Å². The van der Waals surface area contributed by atoms with E-state index in [1.54, 1.807) is 30.3 Å². The molecular weight excluding hydrogens is 355 g/mol. The molecule has 0 radical (unpaired) electrons. The lowest BCUT2D eigenvalue weighted by Gasteiger charge is -2.09. The molecule has 2 heterocycles. The van der Waals surface area contributed by atoms with E-state index in [0.29, 0.717) is 15.7 Å².